The van der Waals surface area contributed by atoms with E-state index in [0.717, 1.165) is 16.7 Å². The standard InChI is InChI=1S/C40H37ClF3N7O3/c1-23-18-32(50(20-25-7-11-27(52-3)12-8-25)21-26-9-13-28(53-4)14-10-26)49-36(34(23)40(42,43)44)30-19-31-33-37(35(30)41)54-17-16-51(39(33)48-22-47-31)24(2)29-6-5-15-46-38(29)45/h5-15,18-19,22,24H,16-17,20-21H2,1-4H3,(H2,45,46). The van der Waals surface area contributed by atoms with Crippen LogP contribution in [-0.2, 0) is 19.3 Å². The average Bonchev–Trinajstić information content (AvgIpc) is 3.36. The van der Waals surface area contributed by atoms with Gasteiger partial charge >= 0.3 is 6.18 Å². The zero-order valence-corrected chi connectivity index (χ0v) is 30.7. The van der Waals surface area contributed by atoms with E-state index in [-0.39, 0.29) is 40.2 Å². The molecule has 0 amide bonds. The first-order valence-electron chi connectivity index (χ1n) is 17.1. The lowest BCUT2D eigenvalue weighted by atomic mass is 9.98. The third-order valence-electron chi connectivity index (χ3n) is 9.57. The third kappa shape index (κ3) is 7.11. The summed E-state index contributed by atoms with van der Waals surface area (Å²) in [4.78, 5) is 22.0. The molecule has 0 saturated carbocycles. The van der Waals surface area contributed by atoms with Crippen LogP contribution in [0.5, 0.6) is 17.2 Å². The average molecular weight is 756 g/mol. The molecule has 0 fully saturated rings. The van der Waals surface area contributed by atoms with Gasteiger partial charge in [-0.1, -0.05) is 41.9 Å². The number of anilines is 3. The van der Waals surface area contributed by atoms with Crippen molar-refractivity contribution >= 4 is 40.0 Å². The van der Waals surface area contributed by atoms with Gasteiger partial charge in [-0.25, -0.2) is 19.9 Å². The number of aromatic nitrogens is 4. The Balaban J connectivity index is 1.38. The lowest BCUT2D eigenvalue weighted by molar-refractivity contribution is -0.137. The molecule has 54 heavy (non-hydrogen) atoms. The topological polar surface area (TPSA) is 112 Å². The highest BCUT2D eigenvalue weighted by molar-refractivity contribution is 6.36. The molecule has 0 saturated heterocycles. The van der Waals surface area contributed by atoms with Crippen molar-refractivity contribution in [2.45, 2.75) is 39.2 Å². The SMILES string of the molecule is COc1ccc(CN(Cc2ccc(OC)cc2)c2cc(C)c(C(F)(F)F)c(-c3cc4ncnc5c4c(c3Cl)OCCN5C(C)c3cccnc3N)n2)cc1. The quantitative estimate of drug-likeness (QED) is 0.146. The fourth-order valence-corrected chi connectivity index (χ4v) is 7.14. The lowest BCUT2D eigenvalue weighted by Crippen LogP contribution is -2.31. The summed E-state index contributed by atoms with van der Waals surface area (Å²) in [6, 6.07) is 21.4. The van der Waals surface area contributed by atoms with E-state index < -0.39 is 11.7 Å². The highest BCUT2D eigenvalue weighted by Crippen LogP contribution is 2.49. The van der Waals surface area contributed by atoms with Gasteiger partial charge < -0.3 is 29.7 Å². The second kappa shape index (κ2) is 14.9. The van der Waals surface area contributed by atoms with Gasteiger partial charge in [-0.2, -0.15) is 13.2 Å². The minimum atomic E-state index is -4.76. The smallest absolute Gasteiger partial charge is 0.418 e. The Morgan fingerprint density at radius 1 is 0.944 bits per heavy atom. The highest BCUT2D eigenvalue weighted by Gasteiger charge is 2.39. The predicted molar refractivity (Wildman–Crippen MR) is 203 cm³/mol. The maximum Gasteiger partial charge on any atom is 0.418 e. The number of methoxy groups -OCH3 is 2. The van der Waals surface area contributed by atoms with Crippen molar-refractivity contribution in [1.82, 2.24) is 19.9 Å². The lowest BCUT2D eigenvalue weighted by Gasteiger charge is -2.30. The number of halogens is 4. The molecule has 3 aromatic carbocycles. The fourth-order valence-electron chi connectivity index (χ4n) is 6.85. The van der Waals surface area contributed by atoms with Crippen molar-refractivity contribution in [2.24, 2.45) is 0 Å². The Bertz CT molecular complexity index is 2260. The molecule has 14 heteroatoms. The fraction of sp³-hybridized carbons (Fsp3) is 0.250. The summed E-state index contributed by atoms with van der Waals surface area (Å²) >= 11 is 7.12. The molecule has 1 atom stereocenters. The Morgan fingerprint density at radius 3 is 2.19 bits per heavy atom. The van der Waals surface area contributed by atoms with Crippen molar-refractivity contribution in [3.63, 3.8) is 0 Å². The van der Waals surface area contributed by atoms with E-state index in [1.807, 2.05) is 71.3 Å². The van der Waals surface area contributed by atoms with Gasteiger partial charge in [0.2, 0.25) is 0 Å². The number of ether oxygens (including phenoxy) is 3. The number of hydrogen-bond acceptors (Lipinski definition) is 10. The summed E-state index contributed by atoms with van der Waals surface area (Å²) in [5.41, 5.74) is 7.95. The summed E-state index contributed by atoms with van der Waals surface area (Å²) in [6.07, 6.45) is -1.77. The summed E-state index contributed by atoms with van der Waals surface area (Å²) in [6.45, 7) is 4.61. The van der Waals surface area contributed by atoms with Crippen molar-refractivity contribution < 1.29 is 27.4 Å². The van der Waals surface area contributed by atoms with Crippen molar-refractivity contribution in [2.75, 3.05) is 42.9 Å². The van der Waals surface area contributed by atoms with Crippen molar-refractivity contribution in [1.29, 1.82) is 0 Å². The molecule has 1 unspecified atom stereocenters. The molecule has 1 aliphatic rings. The molecule has 278 valence electrons. The number of rotatable bonds is 10. The molecular formula is C40H37ClF3N7O3. The Kier molecular flexibility index (Phi) is 10.1. The Morgan fingerprint density at radius 2 is 1.59 bits per heavy atom. The summed E-state index contributed by atoms with van der Waals surface area (Å²) in [7, 11) is 3.17. The molecule has 0 spiro atoms. The predicted octanol–water partition coefficient (Wildman–Crippen LogP) is 8.83. The molecule has 0 radical (unpaired) electrons. The zero-order chi connectivity index (χ0) is 38.1. The molecule has 2 N–H and O–H groups in total. The molecule has 7 rings (SSSR count). The van der Waals surface area contributed by atoms with Gasteiger partial charge in [0.1, 0.15) is 41.9 Å². The minimum Gasteiger partial charge on any atom is -0.497 e. The molecule has 4 heterocycles. The van der Waals surface area contributed by atoms with E-state index in [2.05, 4.69) is 15.0 Å². The van der Waals surface area contributed by atoms with Crippen LogP contribution in [0.1, 0.15) is 40.8 Å². The number of nitrogens with two attached hydrogens (primary N) is 1. The maximum absolute atomic E-state index is 15.1. The summed E-state index contributed by atoms with van der Waals surface area (Å²) < 4.78 is 62.1. The van der Waals surface area contributed by atoms with Gasteiger partial charge in [-0.3, -0.25) is 0 Å². The summed E-state index contributed by atoms with van der Waals surface area (Å²) in [5.74, 6) is 2.76. The first-order valence-corrected chi connectivity index (χ1v) is 17.5. The number of nitrogen functional groups attached to an aromatic ring is 1. The molecule has 1 aliphatic heterocycles. The summed E-state index contributed by atoms with van der Waals surface area (Å²) in [5, 5.41) is 0.445. The van der Waals surface area contributed by atoms with E-state index in [1.165, 1.54) is 25.4 Å². The van der Waals surface area contributed by atoms with E-state index >= 15 is 13.2 Å². The van der Waals surface area contributed by atoms with Crippen LogP contribution < -0.4 is 29.7 Å². The van der Waals surface area contributed by atoms with Gasteiger partial charge in [-0.15, -0.1) is 0 Å². The normalized spacial score (nSPS) is 13.3. The van der Waals surface area contributed by atoms with E-state index in [9.17, 15) is 0 Å². The number of hydrogen-bond donors (Lipinski definition) is 1. The van der Waals surface area contributed by atoms with Gasteiger partial charge in [-0.05, 0) is 73.0 Å². The van der Waals surface area contributed by atoms with Crippen molar-refractivity contribution in [3.05, 3.63) is 118 Å². The Hall–Kier alpha value is -5.82. The van der Waals surface area contributed by atoms with Crippen LogP contribution in [-0.4, -0.2) is 47.3 Å². The first kappa shape index (κ1) is 36.5. The highest BCUT2D eigenvalue weighted by atomic mass is 35.5. The molecular weight excluding hydrogens is 719 g/mol. The minimum absolute atomic E-state index is 0.0163. The number of pyridine rings is 2. The second-order valence-electron chi connectivity index (χ2n) is 12.9. The second-order valence-corrected chi connectivity index (χ2v) is 13.3. The van der Waals surface area contributed by atoms with E-state index in [0.29, 0.717) is 59.5 Å². The maximum atomic E-state index is 15.1. The van der Waals surface area contributed by atoms with Crippen LogP contribution in [0, 0.1) is 6.92 Å². The number of aryl methyl sites for hydroxylation is 1. The number of benzene rings is 3. The largest absolute Gasteiger partial charge is 0.497 e. The van der Waals surface area contributed by atoms with Gasteiger partial charge in [0.05, 0.1) is 54.0 Å². The van der Waals surface area contributed by atoms with Crippen molar-refractivity contribution in [3.8, 4) is 28.5 Å². The zero-order valence-electron chi connectivity index (χ0n) is 30.0. The van der Waals surface area contributed by atoms with Crippen LogP contribution in [0.25, 0.3) is 22.2 Å². The number of alkyl halides is 3. The van der Waals surface area contributed by atoms with Crippen LogP contribution in [0.15, 0.2) is 85.3 Å². The van der Waals surface area contributed by atoms with E-state index in [1.54, 1.807) is 26.5 Å². The molecule has 6 aromatic rings. The molecule has 3 aromatic heterocycles. The first-order chi connectivity index (χ1) is 26.0. The van der Waals surface area contributed by atoms with Crippen LogP contribution >= 0.6 is 11.6 Å². The van der Waals surface area contributed by atoms with E-state index in [4.69, 9.17) is 36.5 Å². The van der Waals surface area contributed by atoms with Crippen LogP contribution in [0.3, 0.4) is 0 Å². The molecule has 0 aliphatic carbocycles. The van der Waals surface area contributed by atoms with Gasteiger partial charge in [0, 0.05) is 30.4 Å². The van der Waals surface area contributed by atoms with Crippen LogP contribution in [0.2, 0.25) is 5.02 Å². The number of nitrogens with zero attached hydrogens (tertiary/aromatic N) is 6. The van der Waals surface area contributed by atoms with Gasteiger partial charge in [0.25, 0.3) is 0 Å². The third-order valence-corrected chi connectivity index (χ3v) is 9.95. The molecule has 10 nitrogen and oxygen atoms in total. The van der Waals surface area contributed by atoms with Gasteiger partial charge in [0.15, 0.2) is 5.75 Å². The Labute approximate surface area is 315 Å². The van der Waals surface area contributed by atoms with Crippen LogP contribution in [0.4, 0.5) is 30.6 Å². The monoisotopic (exact) mass is 755 g/mol. The molecule has 0 bridgehead atoms.